The van der Waals surface area contributed by atoms with Crippen LogP contribution in [0.4, 0.5) is 5.13 Å². The Balaban J connectivity index is 0.00000288. The molecule has 2 unspecified atom stereocenters. The molecule has 0 radical (unpaired) electrons. The Bertz CT molecular complexity index is 520. The zero-order chi connectivity index (χ0) is 17.0. The van der Waals surface area contributed by atoms with Crippen LogP contribution < -0.4 is 11.1 Å². The number of carbonyl (C=O) groups is 1. The Morgan fingerprint density at radius 1 is 1.40 bits per heavy atom. The molecule has 0 saturated carbocycles. The van der Waals surface area contributed by atoms with Gasteiger partial charge in [0.05, 0.1) is 23.9 Å². The van der Waals surface area contributed by atoms with Gasteiger partial charge in [-0.25, -0.2) is 4.98 Å². The minimum Gasteiger partial charge on any atom is -0.373 e. The number of carbonyl (C=O) groups excluding carboxylic acids is 1. The number of ether oxygens (including phenoxy) is 1. The van der Waals surface area contributed by atoms with Crippen molar-refractivity contribution in [3.63, 3.8) is 0 Å². The van der Waals surface area contributed by atoms with Gasteiger partial charge >= 0.3 is 0 Å². The van der Waals surface area contributed by atoms with E-state index in [4.69, 9.17) is 10.5 Å². The summed E-state index contributed by atoms with van der Waals surface area (Å²) < 4.78 is 5.74. The molecule has 0 aromatic carbocycles. The third-order valence-electron chi connectivity index (χ3n) is 3.72. The predicted octanol–water partition coefficient (Wildman–Crippen LogP) is 2.91. The molecular formula is C16H30Cl2N4O2S. The van der Waals surface area contributed by atoms with E-state index in [1.165, 1.54) is 11.3 Å². The molecule has 3 N–H and O–H groups in total. The van der Waals surface area contributed by atoms with Gasteiger partial charge in [0.1, 0.15) is 0 Å². The maximum Gasteiger partial charge on any atom is 0.243 e. The first-order chi connectivity index (χ1) is 10.8. The lowest BCUT2D eigenvalue weighted by Gasteiger charge is -2.34. The minimum absolute atomic E-state index is 0. The smallest absolute Gasteiger partial charge is 0.243 e. The maximum absolute atomic E-state index is 12.0. The summed E-state index contributed by atoms with van der Waals surface area (Å²) in [5.74, 6) is 0.237. The third kappa shape index (κ3) is 8.19. The molecule has 9 heteroatoms. The van der Waals surface area contributed by atoms with Crippen LogP contribution in [-0.4, -0.2) is 47.1 Å². The highest BCUT2D eigenvalue weighted by Crippen LogP contribution is 2.19. The number of rotatable bonds is 6. The van der Waals surface area contributed by atoms with E-state index in [0.29, 0.717) is 17.5 Å². The van der Waals surface area contributed by atoms with E-state index in [9.17, 15) is 4.79 Å². The fourth-order valence-electron chi connectivity index (χ4n) is 2.89. The number of aromatic nitrogens is 1. The monoisotopic (exact) mass is 412 g/mol. The molecule has 1 aromatic heterocycles. The summed E-state index contributed by atoms with van der Waals surface area (Å²) in [7, 11) is 0. The standard InChI is InChI=1S/C16H28N4O2S.2ClH/c1-10(2)5-14(17)15(21)19-16-18-13(9-23-16)8-20-6-11(3)22-12(4)7-20;;/h9-12,14H,5-8,17H2,1-4H3,(H,18,19,21);2*1H/t11?,12?,14-;;/m0../s1. The number of hydrogen-bond donors (Lipinski definition) is 2. The molecule has 6 nitrogen and oxygen atoms in total. The van der Waals surface area contributed by atoms with Crippen molar-refractivity contribution in [1.29, 1.82) is 0 Å². The molecule has 2 heterocycles. The lowest BCUT2D eigenvalue weighted by atomic mass is 10.0. The zero-order valence-corrected chi connectivity index (χ0v) is 17.7. The van der Waals surface area contributed by atoms with Crippen LogP contribution in [0.25, 0.3) is 0 Å². The molecule has 1 saturated heterocycles. The number of amides is 1. The van der Waals surface area contributed by atoms with Crippen LogP contribution in [0.15, 0.2) is 5.38 Å². The fraction of sp³-hybridized carbons (Fsp3) is 0.750. The van der Waals surface area contributed by atoms with Crippen molar-refractivity contribution < 1.29 is 9.53 Å². The van der Waals surface area contributed by atoms with Crippen molar-refractivity contribution in [2.75, 3.05) is 18.4 Å². The number of thiazole rings is 1. The molecule has 1 fully saturated rings. The van der Waals surface area contributed by atoms with Gasteiger partial charge in [-0.15, -0.1) is 36.2 Å². The van der Waals surface area contributed by atoms with Crippen molar-refractivity contribution in [1.82, 2.24) is 9.88 Å². The van der Waals surface area contributed by atoms with Gasteiger partial charge in [-0.2, -0.15) is 0 Å². The maximum atomic E-state index is 12.0. The second-order valence-electron chi connectivity index (χ2n) is 6.82. The molecule has 2 rings (SSSR count). The largest absolute Gasteiger partial charge is 0.373 e. The van der Waals surface area contributed by atoms with Crippen LogP contribution in [0, 0.1) is 5.92 Å². The summed E-state index contributed by atoms with van der Waals surface area (Å²) in [6.45, 7) is 10.9. The summed E-state index contributed by atoms with van der Waals surface area (Å²) in [6.07, 6.45) is 1.16. The highest BCUT2D eigenvalue weighted by Gasteiger charge is 2.23. The summed E-state index contributed by atoms with van der Waals surface area (Å²) >= 11 is 1.45. The second-order valence-corrected chi connectivity index (χ2v) is 7.68. The van der Waals surface area contributed by atoms with E-state index in [1.54, 1.807) is 0 Å². The molecule has 146 valence electrons. The van der Waals surface area contributed by atoms with Gasteiger partial charge in [0.15, 0.2) is 5.13 Å². The molecule has 0 aliphatic carbocycles. The number of halogens is 2. The van der Waals surface area contributed by atoms with E-state index in [0.717, 1.165) is 25.3 Å². The average molecular weight is 413 g/mol. The van der Waals surface area contributed by atoms with Gasteiger partial charge in [-0.3, -0.25) is 9.69 Å². The topological polar surface area (TPSA) is 80.5 Å². The Morgan fingerprint density at radius 3 is 2.56 bits per heavy atom. The van der Waals surface area contributed by atoms with Crippen LogP contribution in [0.1, 0.15) is 39.8 Å². The van der Waals surface area contributed by atoms with Crippen molar-refractivity contribution in [3.05, 3.63) is 11.1 Å². The lowest BCUT2D eigenvalue weighted by Crippen LogP contribution is -2.44. The molecule has 0 bridgehead atoms. The Hall–Kier alpha value is -0.440. The van der Waals surface area contributed by atoms with Gasteiger partial charge in [0.2, 0.25) is 5.91 Å². The highest BCUT2D eigenvalue weighted by molar-refractivity contribution is 7.13. The number of anilines is 1. The van der Waals surface area contributed by atoms with Crippen molar-refractivity contribution in [2.24, 2.45) is 11.7 Å². The quantitative estimate of drug-likeness (QED) is 0.750. The van der Waals surface area contributed by atoms with E-state index in [1.807, 2.05) is 5.38 Å². The van der Waals surface area contributed by atoms with Crippen molar-refractivity contribution in [2.45, 2.75) is 58.9 Å². The normalized spacial score (nSPS) is 22.0. The van der Waals surface area contributed by atoms with Gasteiger partial charge in [0, 0.05) is 25.0 Å². The van der Waals surface area contributed by atoms with Gasteiger partial charge in [0.25, 0.3) is 0 Å². The van der Waals surface area contributed by atoms with Crippen LogP contribution in [0.2, 0.25) is 0 Å². The molecule has 3 atom stereocenters. The highest BCUT2D eigenvalue weighted by atomic mass is 35.5. The second kappa shape index (κ2) is 11.3. The number of nitrogens with zero attached hydrogens (tertiary/aromatic N) is 2. The van der Waals surface area contributed by atoms with Crippen molar-refractivity contribution in [3.8, 4) is 0 Å². The summed E-state index contributed by atoms with van der Waals surface area (Å²) in [4.78, 5) is 18.9. The van der Waals surface area contributed by atoms with Gasteiger partial charge in [-0.1, -0.05) is 13.8 Å². The Morgan fingerprint density at radius 2 is 2.00 bits per heavy atom. The SMILES string of the molecule is CC(C)C[C@H](N)C(=O)Nc1nc(CN2CC(C)OC(C)C2)cs1.Cl.Cl. The van der Waals surface area contributed by atoms with E-state index >= 15 is 0 Å². The van der Waals surface area contributed by atoms with Crippen LogP contribution >= 0.6 is 36.2 Å². The molecule has 1 amide bonds. The van der Waals surface area contributed by atoms with Crippen LogP contribution in [-0.2, 0) is 16.1 Å². The first-order valence-electron chi connectivity index (χ1n) is 8.22. The minimum atomic E-state index is -0.483. The fourth-order valence-corrected chi connectivity index (χ4v) is 3.60. The van der Waals surface area contributed by atoms with Gasteiger partial charge in [-0.05, 0) is 26.2 Å². The molecule has 25 heavy (non-hydrogen) atoms. The summed E-state index contributed by atoms with van der Waals surface area (Å²) in [6, 6.07) is -0.483. The van der Waals surface area contributed by atoms with E-state index < -0.39 is 6.04 Å². The molecule has 1 aliphatic rings. The summed E-state index contributed by atoms with van der Waals surface area (Å²) in [5, 5.41) is 5.44. The molecule has 0 spiro atoms. The molecular weight excluding hydrogens is 383 g/mol. The Labute approximate surface area is 166 Å². The zero-order valence-electron chi connectivity index (χ0n) is 15.2. The van der Waals surface area contributed by atoms with Gasteiger partial charge < -0.3 is 15.8 Å². The third-order valence-corrected chi connectivity index (χ3v) is 4.53. The van der Waals surface area contributed by atoms with E-state index in [-0.39, 0.29) is 42.9 Å². The first-order valence-corrected chi connectivity index (χ1v) is 9.10. The van der Waals surface area contributed by atoms with E-state index in [2.05, 4.69) is 42.9 Å². The van der Waals surface area contributed by atoms with Crippen LogP contribution in [0.3, 0.4) is 0 Å². The lowest BCUT2D eigenvalue weighted by molar-refractivity contribution is -0.117. The number of nitrogens with two attached hydrogens (primary N) is 1. The molecule has 1 aromatic rings. The molecule has 1 aliphatic heterocycles. The first kappa shape index (κ1) is 24.6. The number of hydrogen-bond acceptors (Lipinski definition) is 6. The van der Waals surface area contributed by atoms with Crippen LogP contribution in [0.5, 0.6) is 0 Å². The van der Waals surface area contributed by atoms with Crippen molar-refractivity contribution >= 4 is 47.2 Å². The number of nitrogens with one attached hydrogen (secondary N) is 1. The average Bonchev–Trinajstić information content (AvgIpc) is 2.83. The number of morpholine rings is 1. The predicted molar refractivity (Wildman–Crippen MR) is 108 cm³/mol. The Kier molecular flexibility index (Phi) is 11.1. The summed E-state index contributed by atoms with van der Waals surface area (Å²) in [5.41, 5.74) is 6.87.